The quantitative estimate of drug-likeness (QED) is 0.440. The van der Waals surface area contributed by atoms with Crippen molar-refractivity contribution in [2.75, 3.05) is 11.9 Å². The van der Waals surface area contributed by atoms with Gasteiger partial charge in [0.05, 0.1) is 12.5 Å². The first kappa shape index (κ1) is 20.3. The first-order valence-corrected chi connectivity index (χ1v) is 9.18. The number of aromatic nitrogens is 1. The first-order chi connectivity index (χ1) is 13.8. The maximum Gasteiger partial charge on any atom is 0.325 e. The summed E-state index contributed by atoms with van der Waals surface area (Å²) in [5.74, 6) is -3.18. The predicted molar refractivity (Wildman–Crippen MR) is 103 cm³/mol. The van der Waals surface area contributed by atoms with E-state index >= 15 is 0 Å². The molecule has 0 unspecified atom stereocenters. The van der Waals surface area contributed by atoms with Gasteiger partial charge in [0.25, 0.3) is 0 Å². The van der Waals surface area contributed by atoms with E-state index in [2.05, 4.69) is 10.3 Å². The van der Waals surface area contributed by atoms with Crippen molar-refractivity contribution in [3.63, 3.8) is 0 Å². The molecule has 0 spiro atoms. The van der Waals surface area contributed by atoms with Gasteiger partial charge in [-0.05, 0) is 31.0 Å². The van der Waals surface area contributed by atoms with E-state index < -0.39 is 35.8 Å². The summed E-state index contributed by atoms with van der Waals surface area (Å²) in [5.41, 5.74) is 7.00. The molecular formula is C19H22N4O6. The number of nitrogens with zero attached hydrogens (tertiary/aromatic N) is 1. The molecule has 1 fully saturated rings. The molecule has 0 bridgehead atoms. The van der Waals surface area contributed by atoms with E-state index in [0.717, 1.165) is 0 Å². The van der Waals surface area contributed by atoms with Crippen LogP contribution in [-0.4, -0.2) is 56.4 Å². The first-order valence-electron chi connectivity index (χ1n) is 9.18. The standard InChI is InChI=1S/C19H22N4O6/c20-18(27)14-2-1-7-23(14)17(19(28)29)12-9-21-13-4-3-10(8-11(12)13)22-15(24)5-6-16(25)26/h3-4,8-9,14,17,21H,1-2,5-7H2,(H2,20,27)(H,22,24)(H,25,26)(H,28,29)/t14-,17-/m0/s1. The van der Waals surface area contributed by atoms with E-state index in [1.807, 2.05) is 0 Å². The Morgan fingerprint density at radius 2 is 2.00 bits per heavy atom. The SMILES string of the molecule is NC(=O)[C@@H]1CCCN1[C@H](C(=O)O)c1c[nH]c2ccc(NC(=O)CCC(=O)O)cc12. The fourth-order valence-electron chi connectivity index (χ4n) is 3.75. The number of primary amides is 1. The van der Waals surface area contributed by atoms with E-state index in [-0.39, 0.29) is 12.8 Å². The van der Waals surface area contributed by atoms with Crippen LogP contribution in [0.5, 0.6) is 0 Å². The van der Waals surface area contributed by atoms with Gasteiger partial charge in [0, 0.05) is 41.3 Å². The lowest BCUT2D eigenvalue weighted by molar-refractivity contribution is -0.145. The van der Waals surface area contributed by atoms with Crippen molar-refractivity contribution < 1.29 is 29.4 Å². The molecule has 10 heteroatoms. The summed E-state index contributed by atoms with van der Waals surface area (Å²) in [5, 5.41) is 21.8. The van der Waals surface area contributed by atoms with E-state index in [0.29, 0.717) is 41.5 Å². The minimum atomic E-state index is -1.10. The maximum atomic E-state index is 12.1. The number of nitrogens with two attached hydrogens (primary N) is 1. The lowest BCUT2D eigenvalue weighted by Crippen LogP contribution is -2.44. The van der Waals surface area contributed by atoms with Crippen LogP contribution in [0.15, 0.2) is 24.4 Å². The van der Waals surface area contributed by atoms with Crippen LogP contribution in [0, 0.1) is 0 Å². The summed E-state index contributed by atoms with van der Waals surface area (Å²) in [6, 6.07) is 3.24. The van der Waals surface area contributed by atoms with Crippen LogP contribution in [0.3, 0.4) is 0 Å². The second-order valence-corrected chi connectivity index (χ2v) is 6.99. The van der Waals surface area contributed by atoms with Gasteiger partial charge in [-0.3, -0.25) is 24.1 Å². The molecule has 2 aromatic rings. The van der Waals surface area contributed by atoms with Gasteiger partial charge in [0.1, 0.15) is 6.04 Å². The number of amides is 2. The fourth-order valence-corrected chi connectivity index (χ4v) is 3.75. The number of benzene rings is 1. The molecule has 2 atom stereocenters. The van der Waals surface area contributed by atoms with Crippen LogP contribution in [0.4, 0.5) is 5.69 Å². The van der Waals surface area contributed by atoms with Crippen LogP contribution >= 0.6 is 0 Å². The lowest BCUT2D eigenvalue weighted by Gasteiger charge is -2.28. The Kier molecular flexibility index (Phi) is 5.83. The molecule has 2 heterocycles. The summed E-state index contributed by atoms with van der Waals surface area (Å²) in [6.45, 7) is 0.433. The second-order valence-electron chi connectivity index (χ2n) is 6.99. The van der Waals surface area contributed by atoms with Crippen molar-refractivity contribution in [2.24, 2.45) is 5.73 Å². The molecular weight excluding hydrogens is 380 g/mol. The van der Waals surface area contributed by atoms with Crippen molar-refractivity contribution in [3.05, 3.63) is 30.0 Å². The molecule has 1 aliphatic heterocycles. The maximum absolute atomic E-state index is 12.1. The Hall–Kier alpha value is -3.40. The third kappa shape index (κ3) is 4.37. The van der Waals surface area contributed by atoms with Gasteiger partial charge in [-0.25, -0.2) is 0 Å². The van der Waals surface area contributed by atoms with Crippen LogP contribution in [0.2, 0.25) is 0 Å². The van der Waals surface area contributed by atoms with Crippen molar-refractivity contribution in [3.8, 4) is 0 Å². The zero-order valence-electron chi connectivity index (χ0n) is 15.6. The topological polar surface area (TPSA) is 166 Å². The van der Waals surface area contributed by atoms with Crippen molar-refractivity contribution in [2.45, 2.75) is 37.8 Å². The van der Waals surface area contributed by atoms with Gasteiger partial charge >= 0.3 is 11.9 Å². The number of fused-ring (bicyclic) bond motifs is 1. The summed E-state index contributed by atoms with van der Waals surface area (Å²) in [7, 11) is 0. The molecule has 1 aromatic heterocycles. The Balaban J connectivity index is 1.91. The number of H-pyrrole nitrogens is 1. The van der Waals surface area contributed by atoms with Gasteiger partial charge in [0.15, 0.2) is 0 Å². The Labute approximate surface area is 165 Å². The number of aliphatic carboxylic acids is 2. The summed E-state index contributed by atoms with van der Waals surface area (Å²) in [4.78, 5) is 50.9. The zero-order chi connectivity index (χ0) is 21.1. The number of likely N-dealkylation sites (tertiary alicyclic amines) is 1. The average Bonchev–Trinajstić information content (AvgIpc) is 3.28. The van der Waals surface area contributed by atoms with Crippen LogP contribution in [0.1, 0.15) is 37.3 Å². The normalized spacial score (nSPS) is 17.9. The van der Waals surface area contributed by atoms with E-state index in [1.54, 1.807) is 29.3 Å². The fraction of sp³-hybridized carbons (Fsp3) is 0.368. The van der Waals surface area contributed by atoms with Crippen LogP contribution in [0.25, 0.3) is 10.9 Å². The molecule has 3 rings (SSSR count). The van der Waals surface area contributed by atoms with Gasteiger partial charge in [-0.15, -0.1) is 0 Å². The molecule has 1 saturated heterocycles. The Morgan fingerprint density at radius 1 is 1.24 bits per heavy atom. The predicted octanol–water partition coefficient (Wildman–Crippen LogP) is 1.05. The molecule has 1 aliphatic rings. The minimum Gasteiger partial charge on any atom is -0.481 e. The lowest BCUT2D eigenvalue weighted by atomic mass is 10.0. The van der Waals surface area contributed by atoms with E-state index in [1.165, 1.54) is 0 Å². The molecule has 10 nitrogen and oxygen atoms in total. The second kappa shape index (κ2) is 8.31. The number of carboxylic acid groups (broad SMARTS) is 2. The molecule has 154 valence electrons. The minimum absolute atomic E-state index is 0.167. The average molecular weight is 402 g/mol. The summed E-state index contributed by atoms with van der Waals surface area (Å²) in [6.07, 6.45) is 2.31. The number of anilines is 1. The molecule has 1 aromatic carbocycles. The van der Waals surface area contributed by atoms with E-state index in [9.17, 15) is 24.3 Å². The highest BCUT2D eigenvalue weighted by Gasteiger charge is 2.39. The van der Waals surface area contributed by atoms with Crippen LogP contribution in [-0.2, 0) is 19.2 Å². The Morgan fingerprint density at radius 3 is 2.66 bits per heavy atom. The highest BCUT2D eigenvalue weighted by molar-refractivity contribution is 5.97. The summed E-state index contributed by atoms with van der Waals surface area (Å²) >= 11 is 0. The number of carbonyl (C=O) groups is 4. The summed E-state index contributed by atoms with van der Waals surface area (Å²) < 4.78 is 0. The number of aromatic amines is 1. The molecule has 0 saturated carbocycles. The smallest absolute Gasteiger partial charge is 0.325 e. The molecule has 29 heavy (non-hydrogen) atoms. The number of hydrogen-bond acceptors (Lipinski definition) is 5. The third-order valence-electron chi connectivity index (χ3n) is 5.05. The van der Waals surface area contributed by atoms with E-state index in [4.69, 9.17) is 10.8 Å². The molecule has 0 aliphatic carbocycles. The van der Waals surface area contributed by atoms with Crippen molar-refractivity contribution in [1.29, 1.82) is 0 Å². The van der Waals surface area contributed by atoms with Gasteiger partial charge in [0.2, 0.25) is 11.8 Å². The van der Waals surface area contributed by atoms with Crippen molar-refractivity contribution >= 4 is 40.3 Å². The number of carbonyl (C=O) groups excluding carboxylic acids is 2. The zero-order valence-corrected chi connectivity index (χ0v) is 15.6. The molecule has 6 N–H and O–H groups in total. The number of nitrogens with one attached hydrogen (secondary N) is 2. The van der Waals surface area contributed by atoms with Gasteiger partial charge in [-0.1, -0.05) is 0 Å². The molecule has 2 amide bonds. The van der Waals surface area contributed by atoms with Crippen molar-refractivity contribution in [1.82, 2.24) is 9.88 Å². The monoisotopic (exact) mass is 402 g/mol. The number of rotatable bonds is 8. The number of hydrogen-bond donors (Lipinski definition) is 5. The highest BCUT2D eigenvalue weighted by atomic mass is 16.4. The molecule has 0 radical (unpaired) electrons. The van der Waals surface area contributed by atoms with Crippen LogP contribution < -0.4 is 11.1 Å². The number of carboxylic acids is 2. The largest absolute Gasteiger partial charge is 0.481 e. The Bertz CT molecular complexity index is 969. The third-order valence-corrected chi connectivity index (χ3v) is 5.05. The highest BCUT2D eigenvalue weighted by Crippen LogP contribution is 2.34. The van der Waals surface area contributed by atoms with Gasteiger partial charge in [-0.2, -0.15) is 0 Å². The van der Waals surface area contributed by atoms with Gasteiger partial charge < -0.3 is 26.2 Å².